The molecule has 1 fully saturated rings. The molecule has 0 saturated heterocycles. The van der Waals surface area contributed by atoms with E-state index in [2.05, 4.69) is 4.89 Å². The summed E-state index contributed by atoms with van der Waals surface area (Å²) < 4.78 is 23.9. The van der Waals surface area contributed by atoms with E-state index in [0.717, 1.165) is 31.2 Å². The molecule has 0 atom stereocenters. The summed E-state index contributed by atoms with van der Waals surface area (Å²) in [5.41, 5.74) is 0.718. The van der Waals surface area contributed by atoms with Crippen molar-refractivity contribution in [2.24, 2.45) is 0 Å². The lowest BCUT2D eigenvalue weighted by Crippen LogP contribution is -2.28. The van der Waals surface area contributed by atoms with Gasteiger partial charge in [-0.25, -0.2) is 8.42 Å². The summed E-state index contributed by atoms with van der Waals surface area (Å²) in [6.45, 7) is 1.77. The first kappa shape index (κ1) is 12.5. The topological polar surface area (TPSA) is 55.4 Å². The molecule has 0 aromatic heterocycles. The number of benzene rings is 1. The fourth-order valence-corrected chi connectivity index (χ4v) is 3.14. The molecule has 0 spiro atoms. The Morgan fingerprint density at radius 1 is 1.24 bits per heavy atom. The molecule has 0 unspecified atom stereocenters. The molecule has 17 heavy (non-hydrogen) atoms. The van der Waals surface area contributed by atoms with Crippen LogP contribution >= 0.6 is 0 Å². The molecule has 0 bridgehead atoms. The predicted octanol–water partition coefficient (Wildman–Crippen LogP) is 2.15. The zero-order valence-corrected chi connectivity index (χ0v) is 10.7. The van der Waals surface area contributed by atoms with Gasteiger partial charge in [-0.3, -0.25) is 4.84 Å². The summed E-state index contributed by atoms with van der Waals surface area (Å²) in [5, 5.41) is 0. The minimum Gasteiger partial charge on any atom is -0.284 e. The smallest absolute Gasteiger partial charge is 0.262 e. The van der Waals surface area contributed by atoms with Crippen molar-refractivity contribution in [3.63, 3.8) is 0 Å². The van der Waals surface area contributed by atoms with Crippen LogP contribution in [0.25, 0.3) is 0 Å². The fraction of sp³-hybridized carbons (Fsp3) is 0.500. The van der Waals surface area contributed by atoms with E-state index >= 15 is 0 Å². The van der Waals surface area contributed by atoms with E-state index in [0.29, 0.717) is 0 Å². The van der Waals surface area contributed by atoms with Gasteiger partial charge < -0.3 is 0 Å². The van der Waals surface area contributed by atoms with Gasteiger partial charge in [0.1, 0.15) is 0 Å². The largest absolute Gasteiger partial charge is 0.284 e. The van der Waals surface area contributed by atoms with E-state index in [-0.39, 0.29) is 11.0 Å². The third kappa shape index (κ3) is 3.06. The first-order valence-electron chi connectivity index (χ1n) is 5.83. The summed E-state index contributed by atoms with van der Waals surface area (Å²) >= 11 is 0. The summed E-state index contributed by atoms with van der Waals surface area (Å²) in [6.07, 6.45) is 4.09. The lowest BCUT2D eigenvalue weighted by atomic mass is 10.2. The maximum Gasteiger partial charge on any atom is 0.262 e. The van der Waals surface area contributed by atoms with E-state index < -0.39 is 10.0 Å². The molecular weight excluding hydrogens is 238 g/mol. The van der Waals surface area contributed by atoms with Crippen LogP contribution in [0.5, 0.6) is 0 Å². The van der Waals surface area contributed by atoms with Gasteiger partial charge in [0, 0.05) is 0 Å². The predicted molar refractivity (Wildman–Crippen MR) is 64.8 cm³/mol. The van der Waals surface area contributed by atoms with Crippen molar-refractivity contribution in [3.8, 4) is 0 Å². The molecule has 1 aliphatic rings. The van der Waals surface area contributed by atoms with Crippen molar-refractivity contribution in [2.75, 3.05) is 0 Å². The summed E-state index contributed by atoms with van der Waals surface area (Å²) in [4.78, 5) is 7.75. The Bertz CT molecular complexity index is 478. The molecule has 94 valence electrons. The molecule has 0 aliphatic heterocycles. The van der Waals surface area contributed by atoms with Crippen LogP contribution in [-0.4, -0.2) is 14.5 Å². The van der Waals surface area contributed by atoms with Gasteiger partial charge >= 0.3 is 0 Å². The normalized spacial score (nSPS) is 17.5. The number of aryl methyl sites for hydroxylation is 1. The average molecular weight is 255 g/mol. The third-order valence-corrected chi connectivity index (χ3v) is 4.36. The summed E-state index contributed by atoms with van der Waals surface area (Å²) in [6, 6.07) is 6.86. The van der Waals surface area contributed by atoms with Crippen molar-refractivity contribution in [2.45, 2.75) is 43.6 Å². The minimum absolute atomic E-state index is 0.0220. The number of hydrogen-bond acceptors (Lipinski definition) is 3. The first-order valence-corrected chi connectivity index (χ1v) is 7.31. The molecule has 1 saturated carbocycles. The molecule has 1 aliphatic carbocycles. The Balaban J connectivity index is 2.06. The Morgan fingerprint density at radius 3 is 2.53 bits per heavy atom. The molecule has 2 rings (SSSR count). The van der Waals surface area contributed by atoms with Gasteiger partial charge in [-0.05, 0) is 31.4 Å². The summed E-state index contributed by atoms with van der Waals surface area (Å²) in [5.74, 6) is 0. The van der Waals surface area contributed by atoms with Gasteiger partial charge in [0.25, 0.3) is 10.0 Å². The van der Waals surface area contributed by atoms with E-state index in [1.165, 1.54) is 0 Å². The van der Waals surface area contributed by atoms with Crippen molar-refractivity contribution >= 4 is 10.0 Å². The van der Waals surface area contributed by atoms with Crippen molar-refractivity contribution in [1.29, 1.82) is 0 Å². The molecule has 1 aromatic carbocycles. The molecule has 0 radical (unpaired) electrons. The zero-order chi connectivity index (χ0) is 12.3. The van der Waals surface area contributed by atoms with Crippen molar-refractivity contribution < 1.29 is 13.3 Å². The molecule has 0 heterocycles. The van der Waals surface area contributed by atoms with Gasteiger partial charge in [-0.15, -0.1) is 0 Å². The Morgan fingerprint density at radius 2 is 1.88 bits per heavy atom. The Labute approximate surface area is 102 Å². The third-order valence-electron chi connectivity index (χ3n) is 3.01. The maximum atomic E-state index is 12.0. The Kier molecular flexibility index (Phi) is 3.81. The standard InChI is InChI=1S/C12H17NO3S/c1-10-6-2-5-9-12(10)17(14,15)13-16-11-7-3-4-8-11/h2,5-6,9,11,13H,3-4,7-8H2,1H3. The van der Waals surface area contributed by atoms with Gasteiger partial charge in [0.2, 0.25) is 0 Å². The quantitative estimate of drug-likeness (QED) is 0.839. The maximum absolute atomic E-state index is 12.0. The number of hydrogen-bond donors (Lipinski definition) is 1. The number of rotatable bonds is 4. The highest BCUT2D eigenvalue weighted by molar-refractivity contribution is 7.89. The lowest BCUT2D eigenvalue weighted by Gasteiger charge is -2.13. The van der Waals surface area contributed by atoms with Gasteiger partial charge in [-0.1, -0.05) is 35.9 Å². The van der Waals surface area contributed by atoms with Crippen LogP contribution in [0.3, 0.4) is 0 Å². The summed E-state index contributed by atoms with van der Waals surface area (Å²) in [7, 11) is -3.55. The number of nitrogens with one attached hydrogen (secondary N) is 1. The highest BCUT2D eigenvalue weighted by Crippen LogP contribution is 2.21. The van der Waals surface area contributed by atoms with E-state index in [1.807, 2.05) is 6.07 Å². The van der Waals surface area contributed by atoms with E-state index in [4.69, 9.17) is 4.84 Å². The van der Waals surface area contributed by atoms with Crippen LogP contribution in [0.1, 0.15) is 31.2 Å². The minimum atomic E-state index is -3.55. The highest BCUT2D eigenvalue weighted by Gasteiger charge is 2.21. The van der Waals surface area contributed by atoms with Gasteiger partial charge in [-0.2, -0.15) is 0 Å². The van der Waals surface area contributed by atoms with Crippen LogP contribution in [0, 0.1) is 6.92 Å². The van der Waals surface area contributed by atoms with E-state index in [1.54, 1.807) is 25.1 Å². The van der Waals surface area contributed by atoms with Crippen LogP contribution in [0.15, 0.2) is 29.2 Å². The SMILES string of the molecule is Cc1ccccc1S(=O)(=O)NOC1CCCC1. The van der Waals surface area contributed by atoms with Crippen molar-refractivity contribution in [3.05, 3.63) is 29.8 Å². The lowest BCUT2D eigenvalue weighted by molar-refractivity contribution is 0.0223. The average Bonchev–Trinajstić information content (AvgIpc) is 2.80. The second-order valence-electron chi connectivity index (χ2n) is 4.38. The molecular formula is C12H17NO3S. The highest BCUT2D eigenvalue weighted by atomic mass is 32.2. The van der Waals surface area contributed by atoms with Gasteiger partial charge in [0.15, 0.2) is 0 Å². The van der Waals surface area contributed by atoms with Crippen LogP contribution < -0.4 is 4.89 Å². The second kappa shape index (κ2) is 5.16. The monoisotopic (exact) mass is 255 g/mol. The van der Waals surface area contributed by atoms with Crippen molar-refractivity contribution in [1.82, 2.24) is 4.89 Å². The van der Waals surface area contributed by atoms with Gasteiger partial charge in [0.05, 0.1) is 11.0 Å². The molecule has 1 N–H and O–H groups in total. The molecule has 4 nitrogen and oxygen atoms in total. The first-order chi connectivity index (χ1) is 8.09. The fourth-order valence-electron chi connectivity index (χ4n) is 2.04. The zero-order valence-electron chi connectivity index (χ0n) is 9.85. The Hall–Kier alpha value is -0.910. The molecule has 5 heteroatoms. The van der Waals surface area contributed by atoms with Crippen LogP contribution in [-0.2, 0) is 14.9 Å². The molecule has 1 aromatic rings. The van der Waals surface area contributed by atoms with E-state index in [9.17, 15) is 8.42 Å². The molecule has 0 amide bonds. The van der Waals surface area contributed by atoms with Crippen LogP contribution in [0.2, 0.25) is 0 Å². The van der Waals surface area contributed by atoms with Crippen LogP contribution in [0.4, 0.5) is 0 Å². The number of sulfonamides is 1. The second-order valence-corrected chi connectivity index (χ2v) is 5.99.